The minimum absolute atomic E-state index is 0.0443. The fourth-order valence-corrected chi connectivity index (χ4v) is 4.96. The second kappa shape index (κ2) is 10.8. The first-order valence-electron chi connectivity index (χ1n) is 11.8. The van der Waals surface area contributed by atoms with Gasteiger partial charge in [-0.05, 0) is 80.7 Å². The SMILES string of the molecule is COC(=O)C1CCC(CN2CCC(COc3noc4cccc(OCC(F)(F)F)c34)CC2)CC1. The topological polar surface area (TPSA) is 74.0 Å². The number of carbonyl (C=O) groups excluding carboxylic acids is 1. The molecule has 1 aromatic carbocycles. The highest BCUT2D eigenvalue weighted by Gasteiger charge is 2.31. The van der Waals surface area contributed by atoms with E-state index in [1.807, 2.05) is 0 Å². The molecule has 1 saturated carbocycles. The van der Waals surface area contributed by atoms with Crippen LogP contribution in [0.4, 0.5) is 13.2 Å². The molecule has 7 nitrogen and oxygen atoms in total. The van der Waals surface area contributed by atoms with Crippen LogP contribution in [0, 0.1) is 17.8 Å². The molecule has 4 rings (SSSR count). The van der Waals surface area contributed by atoms with Gasteiger partial charge in [0.1, 0.15) is 11.1 Å². The van der Waals surface area contributed by atoms with E-state index in [-0.39, 0.29) is 23.5 Å². The van der Waals surface area contributed by atoms with Gasteiger partial charge in [0, 0.05) is 6.54 Å². The van der Waals surface area contributed by atoms with Gasteiger partial charge in [-0.2, -0.15) is 13.2 Å². The lowest BCUT2D eigenvalue weighted by Gasteiger charge is -2.36. The Bertz CT molecular complexity index is 948. The third kappa shape index (κ3) is 6.34. The number of ether oxygens (including phenoxy) is 3. The van der Waals surface area contributed by atoms with Gasteiger partial charge in [-0.3, -0.25) is 4.79 Å². The summed E-state index contributed by atoms with van der Waals surface area (Å²) in [5.41, 5.74) is 0.325. The molecule has 188 valence electrons. The molecule has 0 spiro atoms. The molecule has 34 heavy (non-hydrogen) atoms. The third-order valence-corrected chi connectivity index (χ3v) is 6.88. The predicted molar refractivity (Wildman–Crippen MR) is 118 cm³/mol. The van der Waals surface area contributed by atoms with Crippen LogP contribution in [0.15, 0.2) is 22.7 Å². The molecule has 1 aromatic heterocycles. The van der Waals surface area contributed by atoms with E-state index in [0.29, 0.717) is 29.4 Å². The highest BCUT2D eigenvalue weighted by Crippen LogP contribution is 2.35. The summed E-state index contributed by atoms with van der Waals surface area (Å²) in [7, 11) is 1.45. The van der Waals surface area contributed by atoms with E-state index in [4.69, 9.17) is 18.7 Å². The number of alkyl halides is 3. The largest absolute Gasteiger partial charge is 0.483 e. The van der Waals surface area contributed by atoms with Gasteiger partial charge < -0.3 is 23.6 Å². The van der Waals surface area contributed by atoms with E-state index < -0.39 is 12.8 Å². The van der Waals surface area contributed by atoms with Crippen LogP contribution >= 0.6 is 0 Å². The van der Waals surface area contributed by atoms with Gasteiger partial charge in [0.25, 0.3) is 5.88 Å². The fraction of sp³-hybridized carbons (Fsp3) is 0.667. The lowest BCUT2D eigenvalue weighted by atomic mass is 9.81. The Morgan fingerprint density at radius 1 is 1.09 bits per heavy atom. The van der Waals surface area contributed by atoms with Crippen LogP contribution in [0.1, 0.15) is 38.5 Å². The lowest BCUT2D eigenvalue weighted by Crippen LogP contribution is -2.39. The maximum absolute atomic E-state index is 12.6. The summed E-state index contributed by atoms with van der Waals surface area (Å²) >= 11 is 0. The Balaban J connectivity index is 1.24. The standard InChI is InChI=1S/C24H31F3N2O5/c1-31-23(30)18-7-5-16(6-8-18)13-29-11-9-17(10-12-29)14-32-22-21-19(33-15-24(25,26)27)3-2-4-20(21)34-28-22/h2-4,16-18H,5-15H2,1H3. The summed E-state index contributed by atoms with van der Waals surface area (Å²) in [5, 5.41) is 4.23. The average Bonchev–Trinajstić information content (AvgIpc) is 3.25. The van der Waals surface area contributed by atoms with Crippen molar-refractivity contribution in [2.45, 2.75) is 44.7 Å². The van der Waals surface area contributed by atoms with Crippen molar-refractivity contribution in [3.8, 4) is 11.6 Å². The van der Waals surface area contributed by atoms with Crippen molar-refractivity contribution in [3.63, 3.8) is 0 Å². The second-order valence-corrected chi connectivity index (χ2v) is 9.32. The van der Waals surface area contributed by atoms with E-state index in [9.17, 15) is 18.0 Å². The Labute approximate surface area is 196 Å². The lowest BCUT2D eigenvalue weighted by molar-refractivity contribution is -0.153. The smallest absolute Gasteiger partial charge is 0.422 e. The number of piperidine rings is 1. The number of aromatic nitrogens is 1. The molecule has 0 bridgehead atoms. The van der Waals surface area contributed by atoms with Crippen LogP contribution in [-0.4, -0.2) is 62.2 Å². The van der Waals surface area contributed by atoms with Gasteiger partial charge in [-0.15, -0.1) is 0 Å². The first-order valence-corrected chi connectivity index (χ1v) is 11.8. The number of methoxy groups -OCH3 is 1. The van der Waals surface area contributed by atoms with Gasteiger partial charge in [0.05, 0.1) is 19.6 Å². The molecule has 2 aromatic rings. The number of rotatable bonds is 8. The Hall–Kier alpha value is -2.49. The molecule has 2 heterocycles. The molecular weight excluding hydrogens is 453 g/mol. The number of carbonyl (C=O) groups is 1. The zero-order chi connectivity index (χ0) is 24.1. The monoisotopic (exact) mass is 484 g/mol. The van der Waals surface area contributed by atoms with Gasteiger partial charge in [-0.25, -0.2) is 0 Å². The molecule has 0 atom stereocenters. The Morgan fingerprint density at radius 3 is 2.50 bits per heavy atom. The number of hydrogen-bond donors (Lipinski definition) is 0. The minimum atomic E-state index is -4.44. The molecule has 0 N–H and O–H groups in total. The number of likely N-dealkylation sites (tertiary alicyclic amines) is 1. The molecule has 0 radical (unpaired) electrons. The van der Waals surface area contributed by atoms with Crippen LogP contribution in [0.3, 0.4) is 0 Å². The van der Waals surface area contributed by atoms with Crippen molar-refractivity contribution in [2.75, 3.05) is 40.0 Å². The molecule has 2 aliphatic rings. The van der Waals surface area contributed by atoms with Crippen LogP contribution in [0.2, 0.25) is 0 Å². The van der Waals surface area contributed by atoms with Gasteiger partial charge in [0.15, 0.2) is 12.2 Å². The van der Waals surface area contributed by atoms with Crippen molar-refractivity contribution in [1.82, 2.24) is 10.1 Å². The number of hydrogen-bond acceptors (Lipinski definition) is 7. The maximum Gasteiger partial charge on any atom is 0.422 e. The first-order chi connectivity index (χ1) is 16.3. The summed E-state index contributed by atoms with van der Waals surface area (Å²) in [6, 6.07) is 4.63. The Morgan fingerprint density at radius 2 is 1.82 bits per heavy atom. The predicted octanol–water partition coefficient (Wildman–Crippen LogP) is 4.84. The number of benzene rings is 1. The Kier molecular flexibility index (Phi) is 7.85. The molecule has 1 saturated heterocycles. The number of halogens is 3. The van der Waals surface area contributed by atoms with Crippen LogP contribution in [0.5, 0.6) is 11.6 Å². The van der Waals surface area contributed by atoms with E-state index in [1.165, 1.54) is 13.2 Å². The normalized spacial score (nSPS) is 22.6. The van der Waals surface area contributed by atoms with Crippen molar-refractivity contribution >= 4 is 16.9 Å². The fourth-order valence-electron chi connectivity index (χ4n) is 4.96. The van der Waals surface area contributed by atoms with Gasteiger partial charge >= 0.3 is 12.1 Å². The molecule has 1 aliphatic heterocycles. The summed E-state index contributed by atoms with van der Waals surface area (Å²) in [4.78, 5) is 14.2. The van der Waals surface area contributed by atoms with E-state index in [0.717, 1.165) is 58.2 Å². The van der Waals surface area contributed by atoms with Gasteiger partial charge in [-0.1, -0.05) is 6.07 Å². The van der Waals surface area contributed by atoms with Crippen molar-refractivity contribution in [3.05, 3.63) is 18.2 Å². The number of nitrogens with zero attached hydrogens (tertiary/aromatic N) is 2. The highest BCUT2D eigenvalue weighted by molar-refractivity contribution is 5.88. The van der Waals surface area contributed by atoms with Crippen molar-refractivity contribution in [1.29, 1.82) is 0 Å². The molecule has 2 fully saturated rings. The molecule has 10 heteroatoms. The minimum Gasteiger partial charge on any atom is -0.483 e. The summed E-state index contributed by atoms with van der Waals surface area (Å²) in [5.74, 6) is 1.13. The van der Waals surface area contributed by atoms with Crippen LogP contribution in [0.25, 0.3) is 11.0 Å². The zero-order valence-electron chi connectivity index (χ0n) is 19.3. The summed E-state index contributed by atoms with van der Waals surface area (Å²) in [6.07, 6.45) is 1.44. The van der Waals surface area contributed by atoms with Crippen molar-refractivity contribution < 1.29 is 36.7 Å². The number of esters is 1. The zero-order valence-corrected chi connectivity index (χ0v) is 19.3. The van der Waals surface area contributed by atoms with Crippen LogP contribution < -0.4 is 9.47 Å². The van der Waals surface area contributed by atoms with E-state index in [2.05, 4.69) is 10.1 Å². The molecule has 0 unspecified atom stereocenters. The van der Waals surface area contributed by atoms with E-state index in [1.54, 1.807) is 12.1 Å². The maximum atomic E-state index is 12.6. The van der Waals surface area contributed by atoms with E-state index >= 15 is 0 Å². The molecule has 0 amide bonds. The highest BCUT2D eigenvalue weighted by atomic mass is 19.4. The molecular formula is C24H31F3N2O5. The first kappa shape index (κ1) is 24.6. The van der Waals surface area contributed by atoms with Crippen molar-refractivity contribution in [2.24, 2.45) is 17.8 Å². The number of fused-ring (bicyclic) bond motifs is 1. The van der Waals surface area contributed by atoms with Gasteiger partial charge in [0.2, 0.25) is 0 Å². The summed E-state index contributed by atoms with van der Waals surface area (Å²) < 4.78 is 58.7. The average molecular weight is 485 g/mol. The van der Waals surface area contributed by atoms with Crippen LogP contribution in [-0.2, 0) is 9.53 Å². The molecule has 1 aliphatic carbocycles. The second-order valence-electron chi connectivity index (χ2n) is 9.32. The quantitative estimate of drug-likeness (QED) is 0.497. The summed E-state index contributed by atoms with van der Waals surface area (Å²) in [6.45, 7) is 2.04. The third-order valence-electron chi connectivity index (χ3n) is 6.88.